The Morgan fingerprint density at radius 2 is 1.90 bits per heavy atom. The van der Waals surface area contributed by atoms with E-state index in [0.717, 1.165) is 38.7 Å². The summed E-state index contributed by atoms with van der Waals surface area (Å²) >= 11 is 0. The summed E-state index contributed by atoms with van der Waals surface area (Å²) in [5, 5.41) is 3.72. The first-order valence-corrected chi connectivity index (χ1v) is 8.13. The van der Waals surface area contributed by atoms with Crippen LogP contribution in [-0.2, 0) is 0 Å². The maximum atomic E-state index is 4.35. The second kappa shape index (κ2) is 6.28. The van der Waals surface area contributed by atoms with Crippen LogP contribution in [0.4, 0.5) is 5.95 Å². The molecule has 0 radical (unpaired) electrons. The molecule has 2 saturated heterocycles. The summed E-state index contributed by atoms with van der Waals surface area (Å²) in [5.74, 6) is 0.869. The Morgan fingerprint density at radius 3 is 2.57 bits per heavy atom. The molecule has 1 aromatic heterocycles. The van der Waals surface area contributed by atoms with Gasteiger partial charge in [-0.25, -0.2) is 9.97 Å². The first-order chi connectivity index (χ1) is 10.1. The smallest absolute Gasteiger partial charge is 0.225 e. The first kappa shape index (κ1) is 14.7. The Labute approximate surface area is 127 Å². The van der Waals surface area contributed by atoms with Gasteiger partial charge < -0.3 is 10.2 Å². The van der Waals surface area contributed by atoms with Crippen LogP contribution in [0.1, 0.15) is 26.7 Å². The number of hydrogen-bond acceptors (Lipinski definition) is 5. The molecular weight excluding hydrogens is 262 g/mol. The fourth-order valence-corrected chi connectivity index (χ4v) is 3.43. The number of piperazine rings is 1. The van der Waals surface area contributed by atoms with Crippen LogP contribution in [0.5, 0.6) is 0 Å². The average molecular weight is 289 g/mol. The lowest BCUT2D eigenvalue weighted by atomic mass is 9.77. The van der Waals surface area contributed by atoms with Crippen LogP contribution in [0.2, 0.25) is 0 Å². The van der Waals surface area contributed by atoms with Crippen molar-refractivity contribution in [2.24, 2.45) is 5.41 Å². The Morgan fingerprint density at radius 1 is 1.19 bits per heavy atom. The highest BCUT2D eigenvalue weighted by Crippen LogP contribution is 2.30. The summed E-state index contributed by atoms with van der Waals surface area (Å²) in [5.41, 5.74) is 0.415. The molecule has 0 amide bonds. The van der Waals surface area contributed by atoms with Gasteiger partial charge in [0.2, 0.25) is 5.95 Å². The van der Waals surface area contributed by atoms with Crippen LogP contribution in [0.15, 0.2) is 18.5 Å². The van der Waals surface area contributed by atoms with Crippen molar-refractivity contribution in [2.45, 2.75) is 32.7 Å². The van der Waals surface area contributed by atoms with Crippen molar-refractivity contribution in [2.75, 3.05) is 44.2 Å². The van der Waals surface area contributed by atoms with E-state index in [4.69, 9.17) is 0 Å². The second-order valence-corrected chi connectivity index (χ2v) is 6.94. The third-order valence-corrected chi connectivity index (χ3v) is 4.98. The van der Waals surface area contributed by atoms with E-state index >= 15 is 0 Å². The van der Waals surface area contributed by atoms with Gasteiger partial charge in [-0.2, -0.15) is 0 Å². The molecule has 1 aromatic rings. The van der Waals surface area contributed by atoms with Gasteiger partial charge in [0, 0.05) is 51.2 Å². The molecule has 2 aliphatic rings. The van der Waals surface area contributed by atoms with Gasteiger partial charge in [-0.05, 0) is 30.9 Å². The Bertz CT molecular complexity index is 439. The third kappa shape index (κ3) is 3.52. The molecule has 1 N–H and O–H groups in total. The molecule has 2 fully saturated rings. The second-order valence-electron chi connectivity index (χ2n) is 6.94. The Balaban J connectivity index is 1.52. The highest BCUT2D eigenvalue weighted by molar-refractivity contribution is 5.29. The molecule has 5 heteroatoms. The maximum absolute atomic E-state index is 4.35. The van der Waals surface area contributed by atoms with Gasteiger partial charge in [-0.15, -0.1) is 0 Å². The maximum Gasteiger partial charge on any atom is 0.225 e. The Kier molecular flexibility index (Phi) is 4.40. The van der Waals surface area contributed by atoms with Gasteiger partial charge in [0.15, 0.2) is 0 Å². The van der Waals surface area contributed by atoms with E-state index in [9.17, 15) is 0 Å². The molecule has 1 atom stereocenters. The van der Waals surface area contributed by atoms with Gasteiger partial charge in [-0.1, -0.05) is 13.8 Å². The number of aromatic nitrogens is 2. The summed E-state index contributed by atoms with van der Waals surface area (Å²) in [6, 6.07) is 2.49. The number of nitrogens with one attached hydrogen (secondary N) is 1. The molecule has 21 heavy (non-hydrogen) atoms. The van der Waals surface area contributed by atoms with E-state index in [2.05, 4.69) is 38.9 Å². The van der Waals surface area contributed by atoms with Crippen molar-refractivity contribution in [3.63, 3.8) is 0 Å². The minimum Gasteiger partial charge on any atom is -0.338 e. The molecule has 0 aromatic carbocycles. The fraction of sp³-hybridized carbons (Fsp3) is 0.750. The average Bonchev–Trinajstić information content (AvgIpc) is 2.51. The molecule has 3 heterocycles. The lowest BCUT2D eigenvalue weighted by Crippen LogP contribution is -2.56. The van der Waals surface area contributed by atoms with Crippen molar-refractivity contribution in [1.29, 1.82) is 0 Å². The predicted octanol–water partition coefficient (Wildman–Crippen LogP) is 1.38. The van der Waals surface area contributed by atoms with E-state index in [1.807, 2.05) is 18.5 Å². The van der Waals surface area contributed by atoms with Crippen molar-refractivity contribution in [3.8, 4) is 0 Å². The number of hydrogen-bond donors (Lipinski definition) is 1. The molecular formula is C16H27N5. The minimum absolute atomic E-state index is 0.415. The van der Waals surface area contributed by atoms with E-state index in [-0.39, 0.29) is 0 Å². The van der Waals surface area contributed by atoms with Crippen molar-refractivity contribution in [1.82, 2.24) is 20.2 Å². The topological polar surface area (TPSA) is 44.3 Å². The van der Waals surface area contributed by atoms with E-state index in [1.165, 1.54) is 19.4 Å². The summed E-state index contributed by atoms with van der Waals surface area (Å²) < 4.78 is 0. The van der Waals surface area contributed by atoms with Gasteiger partial charge in [0.05, 0.1) is 0 Å². The Hall–Kier alpha value is -1.20. The van der Waals surface area contributed by atoms with Crippen LogP contribution in [-0.4, -0.2) is 60.2 Å². The van der Waals surface area contributed by atoms with Gasteiger partial charge in [0.1, 0.15) is 0 Å². The molecule has 1 unspecified atom stereocenters. The van der Waals surface area contributed by atoms with Gasteiger partial charge >= 0.3 is 0 Å². The van der Waals surface area contributed by atoms with Crippen LogP contribution in [0.25, 0.3) is 0 Å². The zero-order valence-corrected chi connectivity index (χ0v) is 13.3. The highest BCUT2D eigenvalue weighted by atomic mass is 15.3. The van der Waals surface area contributed by atoms with Crippen molar-refractivity contribution in [3.05, 3.63) is 18.5 Å². The van der Waals surface area contributed by atoms with E-state index < -0.39 is 0 Å². The minimum atomic E-state index is 0.415. The van der Waals surface area contributed by atoms with Gasteiger partial charge in [-0.3, -0.25) is 4.90 Å². The SMILES string of the molecule is CC1(C)CCCNC1CN1CCN(c2ncccn2)CC1. The molecule has 5 nitrogen and oxygen atoms in total. The molecule has 0 bridgehead atoms. The first-order valence-electron chi connectivity index (χ1n) is 8.13. The number of nitrogens with zero attached hydrogens (tertiary/aromatic N) is 4. The molecule has 0 aliphatic carbocycles. The molecule has 0 saturated carbocycles. The summed E-state index contributed by atoms with van der Waals surface area (Å²) in [6.07, 6.45) is 6.29. The van der Waals surface area contributed by atoms with Crippen LogP contribution >= 0.6 is 0 Å². The van der Waals surface area contributed by atoms with Crippen LogP contribution < -0.4 is 10.2 Å². The predicted molar refractivity (Wildman–Crippen MR) is 85.5 cm³/mol. The number of anilines is 1. The standard InChI is InChI=1S/C16H27N5/c1-16(2)5-3-6-17-14(16)13-20-9-11-21(12-10-20)15-18-7-4-8-19-15/h4,7-8,14,17H,3,5-6,9-13H2,1-2H3. The van der Waals surface area contributed by atoms with Crippen molar-refractivity contribution < 1.29 is 0 Å². The fourth-order valence-electron chi connectivity index (χ4n) is 3.43. The van der Waals surface area contributed by atoms with E-state index in [1.54, 1.807) is 0 Å². The van der Waals surface area contributed by atoms with Crippen molar-refractivity contribution >= 4 is 5.95 Å². The molecule has 116 valence electrons. The summed E-state index contributed by atoms with van der Waals surface area (Å²) in [6.45, 7) is 11.4. The van der Waals surface area contributed by atoms with Crippen LogP contribution in [0.3, 0.4) is 0 Å². The zero-order valence-electron chi connectivity index (χ0n) is 13.3. The molecule has 3 rings (SSSR count). The quantitative estimate of drug-likeness (QED) is 0.910. The third-order valence-electron chi connectivity index (χ3n) is 4.98. The van der Waals surface area contributed by atoms with Gasteiger partial charge in [0.25, 0.3) is 0 Å². The lowest BCUT2D eigenvalue weighted by molar-refractivity contribution is 0.123. The molecule has 0 spiro atoms. The lowest BCUT2D eigenvalue weighted by Gasteiger charge is -2.44. The zero-order chi connectivity index (χ0) is 14.7. The largest absolute Gasteiger partial charge is 0.338 e. The summed E-state index contributed by atoms with van der Waals surface area (Å²) in [7, 11) is 0. The monoisotopic (exact) mass is 289 g/mol. The highest BCUT2D eigenvalue weighted by Gasteiger charge is 2.33. The normalized spacial score (nSPS) is 26.8. The van der Waals surface area contributed by atoms with Crippen LogP contribution in [0, 0.1) is 5.41 Å². The molecule has 2 aliphatic heterocycles. The number of piperidine rings is 1. The summed E-state index contributed by atoms with van der Waals surface area (Å²) in [4.78, 5) is 13.6. The number of rotatable bonds is 3. The van der Waals surface area contributed by atoms with E-state index in [0.29, 0.717) is 11.5 Å².